The second-order valence-corrected chi connectivity index (χ2v) is 6.83. The van der Waals surface area contributed by atoms with Gasteiger partial charge in [-0.05, 0) is 42.0 Å². The standard InChI is InChI=1S/C20H25ClN2O3/c1-25-19-8-3-15(13-20(19)26-2)18(24)14-22-9-11-23(12-10-22)17-6-4-16(21)5-7-17/h3-8,13,18,24H,9-12,14H2,1-2H3/t18-/m0/s1. The summed E-state index contributed by atoms with van der Waals surface area (Å²) in [7, 11) is 3.21. The van der Waals surface area contributed by atoms with Gasteiger partial charge in [-0.3, -0.25) is 4.90 Å². The lowest BCUT2D eigenvalue weighted by atomic mass is 10.1. The molecule has 0 radical (unpaired) electrons. The van der Waals surface area contributed by atoms with Crippen molar-refractivity contribution < 1.29 is 14.6 Å². The number of ether oxygens (including phenoxy) is 2. The van der Waals surface area contributed by atoms with Crippen LogP contribution in [0.1, 0.15) is 11.7 Å². The number of anilines is 1. The first kappa shape index (κ1) is 18.8. The van der Waals surface area contributed by atoms with Crippen LogP contribution in [-0.4, -0.2) is 56.9 Å². The Morgan fingerprint density at radius 3 is 2.23 bits per heavy atom. The summed E-state index contributed by atoms with van der Waals surface area (Å²) in [6.07, 6.45) is -0.558. The van der Waals surface area contributed by atoms with Gasteiger partial charge in [0.25, 0.3) is 0 Å². The van der Waals surface area contributed by atoms with Gasteiger partial charge in [0, 0.05) is 43.4 Å². The highest BCUT2D eigenvalue weighted by Gasteiger charge is 2.21. The molecular weight excluding hydrogens is 352 g/mol. The van der Waals surface area contributed by atoms with E-state index in [4.69, 9.17) is 21.1 Å². The molecule has 1 fully saturated rings. The molecule has 1 N–H and O–H groups in total. The van der Waals surface area contributed by atoms with Gasteiger partial charge in [-0.1, -0.05) is 17.7 Å². The van der Waals surface area contributed by atoms with Crippen molar-refractivity contribution in [3.05, 3.63) is 53.1 Å². The molecule has 140 valence electrons. The second-order valence-electron chi connectivity index (χ2n) is 6.39. The molecule has 1 saturated heterocycles. The number of aliphatic hydroxyl groups is 1. The van der Waals surface area contributed by atoms with Crippen LogP contribution in [0, 0.1) is 0 Å². The molecular formula is C20H25ClN2O3. The highest BCUT2D eigenvalue weighted by atomic mass is 35.5. The van der Waals surface area contributed by atoms with Gasteiger partial charge < -0.3 is 19.5 Å². The quantitative estimate of drug-likeness (QED) is 0.838. The van der Waals surface area contributed by atoms with Gasteiger partial charge in [-0.25, -0.2) is 0 Å². The second kappa shape index (κ2) is 8.62. The molecule has 2 aromatic rings. The van der Waals surface area contributed by atoms with Gasteiger partial charge in [-0.2, -0.15) is 0 Å². The van der Waals surface area contributed by atoms with Crippen LogP contribution in [0.5, 0.6) is 11.5 Å². The third kappa shape index (κ3) is 4.41. The first-order valence-corrected chi connectivity index (χ1v) is 9.11. The van der Waals surface area contributed by atoms with Gasteiger partial charge in [-0.15, -0.1) is 0 Å². The Bertz CT molecular complexity index is 715. The Hall–Kier alpha value is -1.95. The van der Waals surface area contributed by atoms with Gasteiger partial charge in [0.05, 0.1) is 20.3 Å². The van der Waals surface area contributed by atoms with Gasteiger partial charge >= 0.3 is 0 Å². The fourth-order valence-electron chi connectivity index (χ4n) is 3.25. The summed E-state index contributed by atoms with van der Waals surface area (Å²) >= 11 is 5.96. The Morgan fingerprint density at radius 1 is 0.962 bits per heavy atom. The average Bonchev–Trinajstić information content (AvgIpc) is 2.68. The van der Waals surface area contributed by atoms with E-state index in [0.29, 0.717) is 18.0 Å². The number of nitrogens with zero attached hydrogens (tertiary/aromatic N) is 2. The molecule has 5 nitrogen and oxygen atoms in total. The summed E-state index contributed by atoms with van der Waals surface area (Å²) < 4.78 is 10.6. The van der Waals surface area contributed by atoms with E-state index in [9.17, 15) is 5.11 Å². The van der Waals surface area contributed by atoms with Gasteiger partial charge in [0.2, 0.25) is 0 Å². The number of piperazine rings is 1. The molecule has 0 saturated carbocycles. The van der Waals surface area contributed by atoms with E-state index in [0.717, 1.165) is 36.8 Å². The third-order valence-corrected chi connectivity index (χ3v) is 5.04. The maximum Gasteiger partial charge on any atom is 0.161 e. The molecule has 1 aliphatic rings. The normalized spacial score (nSPS) is 16.4. The molecule has 0 spiro atoms. The maximum absolute atomic E-state index is 10.6. The van der Waals surface area contributed by atoms with Crippen molar-refractivity contribution in [2.45, 2.75) is 6.10 Å². The van der Waals surface area contributed by atoms with E-state index in [1.807, 2.05) is 30.3 Å². The van der Waals surface area contributed by atoms with E-state index in [1.54, 1.807) is 14.2 Å². The largest absolute Gasteiger partial charge is 0.493 e. The first-order valence-electron chi connectivity index (χ1n) is 8.73. The van der Waals surface area contributed by atoms with Crippen molar-refractivity contribution in [3.63, 3.8) is 0 Å². The minimum Gasteiger partial charge on any atom is -0.493 e. The summed E-state index contributed by atoms with van der Waals surface area (Å²) in [5.74, 6) is 1.30. The third-order valence-electron chi connectivity index (χ3n) is 4.79. The SMILES string of the molecule is COc1ccc([C@@H](O)CN2CCN(c3ccc(Cl)cc3)CC2)cc1OC. The highest BCUT2D eigenvalue weighted by molar-refractivity contribution is 6.30. The molecule has 0 aromatic heterocycles. The van der Waals surface area contributed by atoms with Crippen molar-refractivity contribution in [2.75, 3.05) is 51.8 Å². The average molecular weight is 377 g/mol. The number of β-amino-alcohol motifs (C(OH)–C–C–N with tert-alkyl or cyclic N) is 1. The van der Waals surface area contributed by atoms with Gasteiger partial charge in [0.15, 0.2) is 11.5 Å². The highest BCUT2D eigenvalue weighted by Crippen LogP contribution is 2.30. The zero-order valence-electron chi connectivity index (χ0n) is 15.2. The van der Waals surface area contributed by atoms with E-state index in [1.165, 1.54) is 5.69 Å². The lowest BCUT2D eigenvalue weighted by molar-refractivity contribution is 0.109. The first-order chi connectivity index (χ1) is 12.6. The van der Waals surface area contributed by atoms with Crippen LogP contribution in [0.3, 0.4) is 0 Å². The number of methoxy groups -OCH3 is 2. The van der Waals surface area contributed by atoms with Gasteiger partial charge in [0.1, 0.15) is 0 Å². The Kier molecular flexibility index (Phi) is 6.25. The van der Waals surface area contributed by atoms with Crippen LogP contribution in [-0.2, 0) is 0 Å². The number of rotatable bonds is 6. The molecule has 1 atom stereocenters. The lowest BCUT2D eigenvalue weighted by Crippen LogP contribution is -2.47. The predicted molar refractivity (Wildman–Crippen MR) is 105 cm³/mol. The van der Waals surface area contributed by atoms with E-state index < -0.39 is 6.10 Å². The van der Waals surface area contributed by atoms with Crippen molar-refractivity contribution >= 4 is 17.3 Å². The summed E-state index contributed by atoms with van der Waals surface area (Å²) in [5.41, 5.74) is 2.03. The van der Waals surface area contributed by atoms with Crippen LogP contribution >= 0.6 is 11.6 Å². The molecule has 1 heterocycles. The Labute approximate surface area is 159 Å². The fourth-order valence-corrected chi connectivity index (χ4v) is 3.38. The topological polar surface area (TPSA) is 45.2 Å². The molecule has 1 aliphatic heterocycles. The smallest absolute Gasteiger partial charge is 0.161 e. The monoisotopic (exact) mass is 376 g/mol. The summed E-state index contributed by atoms with van der Waals surface area (Å²) in [6, 6.07) is 13.5. The molecule has 6 heteroatoms. The van der Waals surface area contributed by atoms with Crippen molar-refractivity contribution in [1.29, 1.82) is 0 Å². The van der Waals surface area contributed by atoms with Crippen LogP contribution in [0.2, 0.25) is 5.02 Å². The Balaban J connectivity index is 1.56. The summed E-state index contributed by atoms with van der Waals surface area (Å²) in [5, 5.41) is 11.4. The molecule has 2 aromatic carbocycles. The molecule has 0 bridgehead atoms. The summed E-state index contributed by atoms with van der Waals surface area (Å²) in [6.45, 7) is 4.28. The lowest BCUT2D eigenvalue weighted by Gasteiger charge is -2.37. The molecule has 3 rings (SSSR count). The van der Waals surface area contributed by atoms with Crippen LogP contribution in [0.15, 0.2) is 42.5 Å². The van der Waals surface area contributed by atoms with Crippen molar-refractivity contribution in [1.82, 2.24) is 4.90 Å². The van der Waals surface area contributed by atoms with E-state index in [-0.39, 0.29) is 0 Å². The van der Waals surface area contributed by atoms with E-state index in [2.05, 4.69) is 21.9 Å². The van der Waals surface area contributed by atoms with Crippen LogP contribution < -0.4 is 14.4 Å². The minimum absolute atomic E-state index is 0.558. The number of benzene rings is 2. The summed E-state index contributed by atoms with van der Waals surface area (Å²) in [4.78, 5) is 4.63. The minimum atomic E-state index is -0.558. The molecule has 26 heavy (non-hydrogen) atoms. The fraction of sp³-hybridized carbons (Fsp3) is 0.400. The number of hydrogen-bond donors (Lipinski definition) is 1. The van der Waals surface area contributed by atoms with Crippen molar-refractivity contribution in [2.24, 2.45) is 0 Å². The number of aliphatic hydroxyl groups excluding tert-OH is 1. The van der Waals surface area contributed by atoms with Crippen molar-refractivity contribution in [3.8, 4) is 11.5 Å². The molecule has 0 unspecified atom stereocenters. The van der Waals surface area contributed by atoms with Crippen LogP contribution in [0.4, 0.5) is 5.69 Å². The zero-order valence-corrected chi connectivity index (χ0v) is 15.9. The van der Waals surface area contributed by atoms with E-state index >= 15 is 0 Å². The number of hydrogen-bond acceptors (Lipinski definition) is 5. The predicted octanol–water partition coefficient (Wildman–Crippen LogP) is 3.21. The Morgan fingerprint density at radius 2 is 1.62 bits per heavy atom. The van der Waals surface area contributed by atoms with Crippen LogP contribution in [0.25, 0.3) is 0 Å². The molecule has 0 amide bonds. The maximum atomic E-state index is 10.6. The number of halogens is 1. The molecule has 0 aliphatic carbocycles. The zero-order chi connectivity index (χ0) is 18.5.